The maximum absolute atomic E-state index is 13.0. The molecule has 0 aliphatic rings. The van der Waals surface area contributed by atoms with Crippen LogP contribution < -0.4 is 27.0 Å². The van der Waals surface area contributed by atoms with E-state index in [0.29, 0.717) is 29.0 Å². The van der Waals surface area contributed by atoms with Crippen molar-refractivity contribution in [2.45, 2.75) is 0 Å². The highest BCUT2D eigenvalue weighted by molar-refractivity contribution is 5.98. The molecule has 0 aliphatic carbocycles. The van der Waals surface area contributed by atoms with E-state index in [4.69, 9.17) is 4.74 Å². The Morgan fingerprint density at radius 2 is 1.00 bits per heavy atom. The second kappa shape index (κ2) is 6.98. The van der Waals surface area contributed by atoms with Gasteiger partial charge < -0.3 is 4.74 Å². The number of ether oxygens (including phenoxy) is 1. The number of hydrogen-bond donors (Lipinski definition) is 0. The number of hydrogen-bond acceptors (Lipinski definition) is 6. The Bertz CT molecular complexity index is 1650. The van der Waals surface area contributed by atoms with E-state index in [1.165, 1.54) is 43.5 Å². The summed E-state index contributed by atoms with van der Waals surface area (Å²) >= 11 is 0. The van der Waals surface area contributed by atoms with Crippen LogP contribution in [-0.2, 0) is 0 Å². The fourth-order valence-electron chi connectivity index (χ4n) is 3.88. The van der Waals surface area contributed by atoms with Gasteiger partial charge in [0.2, 0.25) is 0 Å². The highest BCUT2D eigenvalue weighted by Crippen LogP contribution is 2.18. The molecule has 0 saturated heterocycles. The molecular formula is C24H14N2O6. The number of carbonyl (C=O) groups excluding carboxylic acids is 1. The summed E-state index contributed by atoms with van der Waals surface area (Å²) in [6.45, 7) is 0. The maximum Gasteiger partial charge on any atom is 0.266 e. The first-order chi connectivity index (χ1) is 15.4. The van der Waals surface area contributed by atoms with E-state index >= 15 is 0 Å². The second-order valence-electron chi connectivity index (χ2n) is 7.24. The second-order valence-corrected chi connectivity index (χ2v) is 7.24. The Morgan fingerprint density at radius 3 is 1.34 bits per heavy atom. The van der Waals surface area contributed by atoms with Crippen molar-refractivity contribution in [1.29, 1.82) is 0 Å². The summed E-state index contributed by atoms with van der Waals surface area (Å²) in [5.74, 6) is 0.571. The third kappa shape index (κ3) is 2.66. The van der Waals surface area contributed by atoms with Crippen LogP contribution in [0.25, 0.3) is 32.9 Å². The number of aldehydes is 1. The first kappa shape index (κ1) is 19.4. The van der Waals surface area contributed by atoms with Crippen LogP contribution >= 0.6 is 0 Å². The SMILES string of the molecule is COc1ccc(-n2c(=O)c3cc4c(=O)n(-c5ccc(C=O)cc5)c(=O)c4cc3c2=O)cc1. The topological polar surface area (TPSA) is 104 Å². The normalized spacial score (nSPS) is 11.3. The Labute approximate surface area is 178 Å². The molecule has 0 spiro atoms. The molecule has 32 heavy (non-hydrogen) atoms. The van der Waals surface area contributed by atoms with Crippen molar-refractivity contribution in [1.82, 2.24) is 9.13 Å². The summed E-state index contributed by atoms with van der Waals surface area (Å²) in [6, 6.07) is 15.0. The number of nitrogens with zero attached hydrogens (tertiary/aromatic N) is 2. The van der Waals surface area contributed by atoms with Crippen LogP contribution in [0.15, 0.2) is 79.8 Å². The average Bonchev–Trinajstić information content (AvgIpc) is 3.22. The summed E-state index contributed by atoms with van der Waals surface area (Å²) in [4.78, 5) is 62.8. The van der Waals surface area contributed by atoms with Gasteiger partial charge in [-0.05, 0) is 60.7 Å². The van der Waals surface area contributed by atoms with E-state index in [1.54, 1.807) is 24.3 Å². The quantitative estimate of drug-likeness (QED) is 0.405. The predicted octanol–water partition coefficient (Wildman–Crippen LogP) is 1.71. The highest BCUT2D eigenvalue weighted by atomic mass is 16.5. The van der Waals surface area contributed by atoms with Crippen molar-refractivity contribution in [3.63, 3.8) is 0 Å². The fourth-order valence-corrected chi connectivity index (χ4v) is 3.88. The van der Waals surface area contributed by atoms with Crippen molar-refractivity contribution in [2.75, 3.05) is 7.11 Å². The third-order valence-electron chi connectivity index (χ3n) is 5.51. The van der Waals surface area contributed by atoms with Gasteiger partial charge >= 0.3 is 0 Å². The highest BCUT2D eigenvalue weighted by Gasteiger charge is 2.20. The van der Waals surface area contributed by atoms with Crippen molar-refractivity contribution in [2.24, 2.45) is 0 Å². The molecular weight excluding hydrogens is 412 g/mol. The van der Waals surface area contributed by atoms with Crippen LogP contribution in [0.1, 0.15) is 10.4 Å². The number of aromatic nitrogens is 2. The molecule has 0 fully saturated rings. The summed E-state index contributed by atoms with van der Waals surface area (Å²) in [5, 5.41) is 0.213. The largest absolute Gasteiger partial charge is 0.497 e. The van der Waals surface area contributed by atoms with Crippen LogP contribution in [-0.4, -0.2) is 22.5 Å². The zero-order chi connectivity index (χ0) is 22.6. The van der Waals surface area contributed by atoms with E-state index in [0.717, 1.165) is 9.13 Å². The van der Waals surface area contributed by atoms with Gasteiger partial charge in [-0.15, -0.1) is 0 Å². The molecule has 0 N–H and O–H groups in total. The maximum atomic E-state index is 13.0. The van der Waals surface area contributed by atoms with Gasteiger partial charge in [0.1, 0.15) is 12.0 Å². The lowest BCUT2D eigenvalue weighted by Crippen LogP contribution is -2.24. The molecule has 156 valence electrons. The number of rotatable bonds is 4. The van der Waals surface area contributed by atoms with Gasteiger partial charge in [-0.1, -0.05) is 0 Å². The minimum Gasteiger partial charge on any atom is -0.497 e. The fraction of sp³-hybridized carbons (Fsp3) is 0.0417. The van der Waals surface area contributed by atoms with Gasteiger partial charge in [-0.25, -0.2) is 9.13 Å². The zero-order valence-corrected chi connectivity index (χ0v) is 16.7. The molecule has 0 atom stereocenters. The van der Waals surface area contributed by atoms with Crippen molar-refractivity contribution < 1.29 is 9.53 Å². The van der Waals surface area contributed by atoms with Crippen molar-refractivity contribution in [3.8, 4) is 17.1 Å². The van der Waals surface area contributed by atoms with Gasteiger partial charge in [0.05, 0.1) is 40.0 Å². The number of carbonyl (C=O) groups is 1. The Hall–Kier alpha value is -4.59. The van der Waals surface area contributed by atoms with Crippen LogP contribution in [0.3, 0.4) is 0 Å². The van der Waals surface area contributed by atoms with Crippen LogP contribution in [0.2, 0.25) is 0 Å². The van der Waals surface area contributed by atoms with E-state index in [9.17, 15) is 24.0 Å². The molecule has 0 radical (unpaired) electrons. The first-order valence-corrected chi connectivity index (χ1v) is 9.59. The molecule has 0 bridgehead atoms. The zero-order valence-electron chi connectivity index (χ0n) is 16.7. The van der Waals surface area contributed by atoms with Crippen LogP contribution in [0.4, 0.5) is 0 Å². The van der Waals surface area contributed by atoms with Gasteiger partial charge in [0.25, 0.3) is 22.2 Å². The molecule has 2 aromatic heterocycles. The molecule has 2 heterocycles. The third-order valence-corrected chi connectivity index (χ3v) is 5.51. The summed E-state index contributed by atoms with van der Waals surface area (Å²) in [7, 11) is 1.51. The molecule has 8 heteroatoms. The van der Waals surface area contributed by atoms with E-state index in [-0.39, 0.29) is 21.5 Å². The predicted molar refractivity (Wildman–Crippen MR) is 119 cm³/mol. The number of methoxy groups -OCH3 is 1. The summed E-state index contributed by atoms with van der Waals surface area (Å²) in [5.41, 5.74) is -1.31. The number of fused-ring (bicyclic) bond motifs is 2. The van der Waals surface area contributed by atoms with Crippen LogP contribution in [0.5, 0.6) is 5.75 Å². The summed E-state index contributed by atoms with van der Waals surface area (Å²) in [6.07, 6.45) is 0.655. The molecule has 5 rings (SSSR count). The summed E-state index contributed by atoms with van der Waals surface area (Å²) < 4.78 is 7.07. The Kier molecular flexibility index (Phi) is 4.23. The average molecular weight is 426 g/mol. The molecule has 8 nitrogen and oxygen atoms in total. The lowest BCUT2D eigenvalue weighted by atomic mass is 10.1. The first-order valence-electron chi connectivity index (χ1n) is 9.59. The minimum absolute atomic E-state index is 0.0472. The molecule has 0 saturated carbocycles. The molecule has 5 aromatic rings. The van der Waals surface area contributed by atoms with Gasteiger partial charge in [0.15, 0.2) is 0 Å². The van der Waals surface area contributed by atoms with Crippen LogP contribution in [0, 0.1) is 0 Å². The van der Waals surface area contributed by atoms with Crippen molar-refractivity contribution >= 4 is 27.8 Å². The minimum atomic E-state index is -0.602. The van der Waals surface area contributed by atoms with Gasteiger partial charge in [-0.3, -0.25) is 24.0 Å². The molecule has 0 aliphatic heterocycles. The lowest BCUT2D eigenvalue weighted by molar-refractivity contribution is 0.112. The van der Waals surface area contributed by atoms with E-state index in [2.05, 4.69) is 0 Å². The smallest absolute Gasteiger partial charge is 0.266 e. The van der Waals surface area contributed by atoms with E-state index < -0.39 is 22.2 Å². The van der Waals surface area contributed by atoms with Gasteiger partial charge in [0, 0.05) is 5.56 Å². The molecule has 0 amide bonds. The van der Waals surface area contributed by atoms with E-state index in [1.807, 2.05) is 0 Å². The standard InChI is InChI=1S/C24H14N2O6/c1-32-16-8-6-15(7-9-16)26-23(30)19-10-17-18(11-20(19)24(26)31)22(29)25(21(17)28)14-4-2-13(12-27)3-5-14/h2-12H,1H3. The Balaban J connectivity index is 1.77. The number of benzene rings is 3. The molecule has 0 unspecified atom stereocenters. The Morgan fingerprint density at radius 1 is 0.625 bits per heavy atom. The molecule has 3 aromatic carbocycles. The van der Waals surface area contributed by atoms with Crippen molar-refractivity contribution in [3.05, 3.63) is 108 Å². The lowest BCUT2D eigenvalue weighted by Gasteiger charge is -2.02. The van der Waals surface area contributed by atoms with Gasteiger partial charge in [-0.2, -0.15) is 0 Å². The monoisotopic (exact) mass is 426 g/mol.